The van der Waals surface area contributed by atoms with Gasteiger partial charge in [0.05, 0.1) is 12.6 Å². The van der Waals surface area contributed by atoms with Crippen LogP contribution >= 0.6 is 0 Å². The van der Waals surface area contributed by atoms with Crippen LogP contribution in [0.15, 0.2) is 11.8 Å². The minimum atomic E-state index is -0.323. The molecule has 0 aromatic heterocycles. The molecule has 0 aromatic carbocycles. The van der Waals surface area contributed by atoms with Crippen LogP contribution < -0.4 is 5.32 Å². The van der Waals surface area contributed by atoms with Crippen molar-refractivity contribution < 1.29 is 14.3 Å². The average molecular weight is 368 g/mol. The molecule has 1 aliphatic rings. The Morgan fingerprint density at radius 3 is 2.58 bits per heavy atom. The lowest BCUT2D eigenvalue weighted by molar-refractivity contribution is -0.179. The van der Waals surface area contributed by atoms with E-state index in [2.05, 4.69) is 46.0 Å². The fourth-order valence-corrected chi connectivity index (χ4v) is 3.19. The van der Waals surface area contributed by atoms with Gasteiger partial charge >= 0.3 is 0 Å². The first-order chi connectivity index (χ1) is 12.1. The Morgan fingerprint density at radius 1 is 1.31 bits per heavy atom. The lowest BCUT2D eigenvalue weighted by Crippen LogP contribution is -2.36. The third-order valence-electron chi connectivity index (χ3n) is 4.36. The minimum Gasteiger partial charge on any atom is -0.468 e. The van der Waals surface area contributed by atoms with Crippen LogP contribution in [0.4, 0.5) is 0 Å². The van der Waals surface area contributed by atoms with Gasteiger partial charge in [-0.15, -0.1) is 0 Å². The number of ether oxygens (including phenoxy) is 2. The van der Waals surface area contributed by atoms with Crippen LogP contribution in [-0.2, 0) is 14.3 Å². The molecule has 1 heterocycles. The highest BCUT2D eigenvalue weighted by Gasteiger charge is 2.31. The van der Waals surface area contributed by atoms with Crippen molar-refractivity contribution in [3.8, 4) is 0 Å². The summed E-state index contributed by atoms with van der Waals surface area (Å²) in [6.45, 7) is 16.6. The molecule has 1 aliphatic heterocycles. The molecule has 1 N–H and O–H groups in total. The Bertz CT molecular complexity index is 449. The van der Waals surface area contributed by atoms with Gasteiger partial charge in [-0.1, -0.05) is 34.6 Å². The number of rotatable bonds is 11. The number of allylic oxidation sites excluding steroid dienone is 1. The summed E-state index contributed by atoms with van der Waals surface area (Å²) in [6, 6.07) is 0. The third kappa shape index (κ3) is 10.3. The molecule has 2 atom stereocenters. The van der Waals surface area contributed by atoms with E-state index in [9.17, 15) is 4.79 Å². The molecule has 0 aliphatic carbocycles. The van der Waals surface area contributed by atoms with Crippen LogP contribution in [0.1, 0.15) is 80.6 Å². The second kappa shape index (κ2) is 11.1. The first kappa shape index (κ1) is 23.2. The first-order valence-electron chi connectivity index (χ1n) is 10.3. The van der Waals surface area contributed by atoms with Gasteiger partial charge in [0.25, 0.3) is 0 Å². The van der Waals surface area contributed by atoms with E-state index in [-0.39, 0.29) is 23.7 Å². The topological polar surface area (TPSA) is 47.6 Å². The van der Waals surface area contributed by atoms with Gasteiger partial charge in [-0.05, 0) is 57.1 Å². The Hall–Kier alpha value is -0.870. The van der Waals surface area contributed by atoms with Crippen molar-refractivity contribution >= 4 is 5.78 Å². The van der Waals surface area contributed by atoms with E-state index in [1.165, 1.54) is 12.8 Å². The van der Waals surface area contributed by atoms with Crippen molar-refractivity contribution in [1.82, 2.24) is 5.32 Å². The van der Waals surface area contributed by atoms with Crippen LogP contribution in [-0.4, -0.2) is 31.3 Å². The van der Waals surface area contributed by atoms with Crippen LogP contribution in [0.3, 0.4) is 0 Å². The summed E-state index contributed by atoms with van der Waals surface area (Å²) in [7, 11) is 0. The SMILES string of the molecule is CC(C)CCCNCC1=CC[C@@H](CC(=O)CC(C)(C)C)[C@@H](OC(C)C)O1. The molecule has 4 heteroatoms. The van der Waals surface area contributed by atoms with Crippen LogP contribution in [0, 0.1) is 17.3 Å². The smallest absolute Gasteiger partial charge is 0.203 e. The summed E-state index contributed by atoms with van der Waals surface area (Å²) in [5.74, 6) is 2.10. The highest BCUT2D eigenvalue weighted by Crippen LogP contribution is 2.30. The zero-order chi connectivity index (χ0) is 19.7. The predicted molar refractivity (Wildman–Crippen MR) is 108 cm³/mol. The number of Topliss-reactive ketones (excluding diaryl/α,β-unsaturated/α-hetero) is 1. The van der Waals surface area contributed by atoms with Crippen molar-refractivity contribution in [2.45, 2.75) is 93.0 Å². The fraction of sp³-hybridized carbons (Fsp3) is 0.864. The van der Waals surface area contributed by atoms with E-state index in [1.54, 1.807) is 0 Å². The zero-order valence-electron chi connectivity index (χ0n) is 18.1. The standard InChI is InChI=1S/C22H41NO3/c1-16(2)9-8-12-23-15-20-11-10-18(21(26-20)25-17(3)4)13-19(24)14-22(5,6)7/h11,16-18,21,23H,8-10,12-15H2,1-7H3/t18-,21-/m0/s1. The molecule has 0 saturated heterocycles. The van der Waals surface area contributed by atoms with E-state index in [0.29, 0.717) is 18.6 Å². The molecule has 0 spiro atoms. The average Bonchev–Trinajstić information content (AvgIpc) is 2.46. The third-order valence-corrected chi connectivity index (χ3v) is 4.36. The number of hydrogen-bond acceptors (Lipinski definition) is 4. The molecule has 0 unspecified atom stereocenters. The Morgan fingerprint density at radius 2 is 2.00 bits per heavy atom. The quantitative estimate of drug-likeness (QED) is 0.517. The van der Waals surface area contributed by atoms with E-state index in [1.807, 2.05) is 13.8 Å². The van der Waals surface area contributed by atoms with Gasteiger partial charge in [0.2, 0.25) is 6.29 Å². The van der Waals surface area contributed by atoms with Crippen molar-refractivity contribution in [2.24, 2.45) is 17.3 Å². The second-order valence-corrected chi connectivity index (χ2v) is 9.53. The van der Waals surface area contributed by atoms with Gasteiger partial charge in [0.1, 0.15) is 11.5 Å². The molecular weight excluding hydrogens is 326 g/mol. The highest BCUT2D eigenvalue weighted by atomic mass is 16.7. The molecule has 0 aromatic rings. The molecule has 26 heavy (non-hydrogen) atoms. The summed E-state index contributed by atoms with van der Waals surface area (Å²) in [6.07, 6.45) is 6.28. The number of nitrogens with one attached hydrogen (secondary N) is 1. The molecule has 0 saturated carbocycles. The molecule has 0 fully saturated rings. The fourth-order valence-electron chi connectivity index (χ4n) is 3.19. The molecular formula is C22H41NO3. The predicted octanol–water partition coefficient (Wildman–Crippen LogP) is 5.08. The van der Waals surface area contributed by atoms with Gasteiger partial charge in [0.15, 0.2) is 0 Å². The maximum Gasteiger partial charge on any atom is 0.203 e. The van der Waals surface area contributed by atoms with Crippen LogP contribution in [0.25, 0.3) is 0 Å². The van der Waals surface area contributed by atoms with Crippen molar-refractivity contribution in [2.75, 3.05) is 13.1 Å². The minimum absolute atomic E-state index is 0.0297. The highest BCUT2D eigenvalue weighted by molar-refractivity contribution is 5.79. The lowest BCUT2D eigenvalue weighted by Gasteiger charge is -2.33. The normalized spacial score (nSPS) is 21.0. The van der Waals surface area contributed by atoms with Gasteiger partial charge in [-0.25, -0.2) is 0 Å². The lowest BCUT2D eigenvalue weighted by atomic mass is 9.85. The number of ketones is 1. The van der Waals surface area contributed by atoms with Crippen LogP contribution in [0.5, 0.6) is 0 Å². The van der Waals surface area contributed by atoms with E-state index < -0.39 is 0 Å². The zero-order valence-corrected chi connectivity index (χ0v) is 18.1. The Labute approximate surface area is 161 Å². The van der Waals surface area contributed by atoms with E-state index in [4.69, 9.17) is 9.47 Å². The molecule has 0 amide bonds. The number of carbonyl (C=O) groups excluding carboxylic acids is 1. The Kier molecular flexibility index (Phi) is 9.88. The monoisotopic (exact) mass is 367 g/mol. The molecule has 4 nitrogen and oxygen atoms in total. The second-order valence-electron chi connectivity index (χ2n) is 9.53. The summed E-state index contributed by atoms with van der Waals surface area (Å²) in [4.78, 5) is 12.4. The van der Waals surface area contributed by atoms with E-state index >= 15 is 0 Å². The van der Waals surface area contributed by atoms with E-state index in [0.717, 1.165) is 31.2 Å². The van der Waals surface area contributed by atoms with Gasteiger partial charge in [0, 0.05) is 18.8 Å². The largest absolute Gasteiger partial charge is 0.468 e. The van der Waals surface area contributed by atoms with Crippen LogP contribution in [0.2, 0.25) is 0 Å². The Balaban J connectivity index is 2.53. The van der Waals surface area contributed by atoms with Crippen molar-refractivity contribution in [3.63, 3.8) is 0 Å². The van der Waals surface area contributed by atoms with Gasteiger partial charge in [-0.3, -0.25) is 4.79 Å². The molecule has 152 valence electrons. The summed E-state index contributed by atoms with van der Waals surface area (Å²) in [5.41, 5.74) is 0.0297. The summed E-state index contributed by atoms with van der Waals surface area (Å²) < 4.78 is 12.1. The first-order valence-corrected chi connectivity index (χ1v) is 10.3. The number of hydrogen-bond donors (Lipinski definition) is 1. The molecule has 0 bridgehead atoms. The van der Waals surface area contributed by atoms with Gasteiger partial charge < -0.3 is 14.8 Å². The molecule has 1 rings (SSSR count). The maximum atomic E-state index is 12.4. The number of carbonyl (C=O) groups is 1. The van der Waals surface area contributed by atoms with Gasteiger partial charge in [-0.2, -0.15) is 0 Å². The maximum absolute atomic E-state index is 12.4. The summed E-state index contributed by atoms with van der Waals surface area (Å²) >= 11 is 0. The van der Waals surface area contributed by atoms with Crippen molar-refractivity contribution in [3.05, 3.63) is 11.8 Å². The molecule has 0 radical (unpaired) electrons. The van der Waals surface area contributed by atoms with Crippen molar-refractivity contribution in [1.29, 1.82) is 0 Å². The summed E-state index contributed by atoms with van der Waals surface area (Å²) in [5, 5.41) is 3.46.